The minimum absolute atomic E-state index is 0.223. The van der Waals surface area contributed by atoms with Crippen LogP contribution in [0, 0.1) is 0 Å². The van der Waals surface area contributed by atoms with E-state index < -0.39 is 0 Å². The van der Waals surface area contributed by atoms with Crippen LogP contribution in [0.15, 0.2) is 12.3 Å². The molecule has 0 amide bonds. The number of rotatable bonds is 5. The third kappa shape index (κ3) is 4.11. The summed E-state index contributed by atoms with van der Waals surface area (Å²) in [5, 5.41) is 7.89. The van der Waals surface area contributed by atoms with E-state index >= 15 is 0 Å². The van der Waals surface area contributed by atoms with Crippen LogP contribution in [0.2, 0.25) is 0 Å². The molecule has 0 aromatic carbocycles. The zero-order valence-electron chi connectivity index (χ0n) is 9.00. The lowest BCUT2D eigenvalue weighted by atomic mass is 10.2. The fraction of sp³-hybridized carbons (Fsp3) is 0.700. The van der Waals surface area contributed by atoms with E-state index in [2.05, 4.69) is 17.3 Å². The van der Waals surface area contributed by atoms with Crippen molar-refractivity contribution < 1.29 is 0 Å². The van der Waals surface area contributed by atoms with E-state index in [4.69, 9.17) is 11.6 Å². The molecule has 1 rings (SSSR count). The number of hydrogen-bond acceptors (Lipinski definition) is 2. The number of halogens is 1. The van der Waals surface area contributed by atoms with Crippen molar-refractivity contribution in [1.82, 2.24) is 15.1 Å². The predicted molar refractivity (Wildman–Crippen MR) is 59.4 cm³/mol. The molecule has 0 saturated carbocycles. The number of hydrogen-bond donors (Lipinski definition) is 1. The minimum Gasteiger partial charge on any atom is -0.309 e. The molecule has 80 valence electrons. The normalized spacial score (nSPS) is 15.4. The van der Waals surface area contributed by atoms with Gasteiger partial charge in [-0.05, 0) is 26.3 Å². The quantitative estimate of drug-likeness (QED) is 0.761. The zero-order valence-corrected chi connectivity index (χ0v) is 9.75. The van der Waals surface area contributed by atoms with Gasteiger partial charge in [0.1, 0.15) is 0 Å². The SMILES string of the molecule is CC(Cl)CC(C)NCc1ccn(C)n1. The Kier molecular flexibility index (Phi) is 4.42. The van der Waals surface area contributed by atoms with Crippen LogP contribution in [0.5, 0.6) is 0 Å². The van der Waals surface area contributed by atoms with Crippen molar-refractivity contribution in [2.75, 3.05) is 0 Å². The first-order valence-corrected chi connectivity index (χ1v) is 5.37. The molecule has 0 bridgehead atoms. The Morgan fingerprint density at radius 3 is 2.79 bits per heavy atom. The molecule has 14 heavy (non-hydrogen) atoms. The van der Waals surface area contributed by atoms with Crippen molar-refractivity contribution in [3.63, 3.8) is 0 Å². The van der Waals surface area contributed by atoms with Crippen molar-refractivity contribution in [1.29, 1.82) is 0 Å². The number of aromatic nitrogens is 2. The second-order valence-electron chi connectivity index (χ2n) is 3.78. The van der Waals surface area contributed by atoms with Crippen LogP contribution in [-0.2, 0) is 13.6 Å². The first-order chi connectivity index (χ1) is 6.58. The van der Waals surface area contributed by atoms with Gasteiger partial charge in [0.15, 0.2) is 0 Å². The first kappa shape index (κ1) is 11.5. The van der Waals surface area contributed by atoms with Gasteiger partial charge < -0.3 is 5.32 Å². The average molecular weight is 216 g/mol. The molecule has 2 atom stereocenters. The molecular formula is C10H18ClN3. The van der Waals surface area contributed by atoms with Crippen LogP contribution in [0.3, 0.4) is 0 Å². The average Bonchev–Trinajstić information content (AvgIpc) is 2.47. The van der Waals surface area contributed by atoms with E-state index in [1.54, 1.807) is 0 Å². The molecule has 0 spiro atoms. The van der Waals surface area contributed by atoms with E-state index in [9.17, 15) is 0 Å². The Balaban J connectivity index is 2.26. The molecular weight excluding hydrogens is 198 g/mol. The third-order valence-electron chi connectivity index (χ3n) is 2.08. The summed E-state index contributed by atoms with van der Waals surface area (Å²) in [7, 11) is 1.92. The van der Waals surface area contributed by atoms with Crippen LogP contribution in [0.25, 0.3) is 0 Å². The summed E-state index contributed by atoms with van der Waals surface area (Å²) in [6.45, 7) is 4.97. The highest BCUT2D eigenvalue weighted by atomic mass is 35.5. The van der Waals surface area contributed by atoms with E-state index in [1.165, 1.54) is 0 Å². The molecule has 0 fully saturated rings. The molecule has 0 radical (unpaired) electrons. The lowest BCUT2D eigenvalue weighted by Gasteiger charge is -2.13. The molecule has 4 heteroatoms. The second-order valence-corrected chi connectivity index (χ2v) is 4.52. The zero-order chi connectivity index (χ0) is 10.6. The van der Waals surface area contributed by atoms with Crippen molar-refractivity contribution in [2.45, 2.75) is 38.2 Å². The Morgan fingerprint density at radius 2 is 2.29 bits per heavy atom. The monoisotopic (exact) mass is 215 g/mol. The topological polar surface area (TPSA) is 29.9 Å². The van der Waals surface area contributed by atoms with Gasteiger partial charge >= 0.3 is 0 Å². The van der Waals surface area contributed by atoms with E-state index in [0.717, 1.165) is 18.7 Å². The standard InChI is InChI=1S/C10H18ClN3/c1-8(11)6-9(2)12-7-10-4-5-14(3)13-10/h4-5,8-9,12H,6-7H2,1-3H3. The lowest BCUT2D eigenvalue weighted by Crippen LogP contribution is -2.27. The summed E-state index contributed by atoms with van der Waals surface area (Å²) in [5.41, 5.74) is 1.07. The van der Waals surface area contributed by atoms with Gasteiger partial charge in [-0.2, -0.15) is 5.10 Å². The molecule has 1 aromatic rings. The van der Waals surface area contributed by atoms with Crippen LogP contribution >= 0.6 is 11.6 Å². The Bertz CT molecular complexity index is 270. The van der Waals surface area contributed by atoms with Crippen molar-refractivity contribution in [2.24, 2.45) is 7.05 Å². The fourth-order valence-electron chi connectivity index (χ4n) is 1.41. The Hall–Kier alpha value is -0.540. The van der Waals surface area contributed by atoms with Crippen molar-refractivity contribution in [3.05, 3.63) is 18.0 Å². The number of aryl methyl sites for hydroxylation is 1. The number of alkyl halides is 1. The maximum absolute atomic E-state index is 5.90. The molecule has 3 nitrogen and oxygen atoms in total. The summed E-state index contributed by atoms with van der Waals surface area (Å²) in [6.07, 6.45) is 2.93. The summed E-state index contributed by atoms with van der Waals surface area (Å²) in [5.74, 6) is 0. The highest BCUT2D eigenvalue weighted by molar-refractivity contribution is 6.20. The maximum Gasteiger partial charge on any atom is 0.0762 e. The van der Waals surface area contributed by atoms with E-state index in [-0.39, 0.29) is 5.38 Å². The molecule has 1 heterocycles. The van der Waals surface area contributed by atoms with Gasteiger partial charge in [-0.25, -0.2) is 0 Å². The van der Waals surface area contributed by atoms with Gasteiger partial charge in [-0.3, -0.25) is 4.68 Å². The molecule has 1 N–H and O–H groups in total. The minimum atomic E-state index is 0.223. The van der Waals surface area contributed by atoms with E-state index in [1.807, 2.05) is 30.9 Å². The van der Waals surface area contributed by atoms with Crippen LogP contribution < -0.4 is 5.32 Å². The smallest absolute Gasteiger partial charge is 0.0762 e. The van der Waals surface area contributed by atoms with Gasteiger partial charge in [-0.1, -0.05) is 0 Å². The molecule has 2 unspecified atom stereocenters. The lowest BCUT2D eigenvalue weighted by molar-refractivity contribution is 0.504. The Labute approximate surface area is 90.4 Å². The second kappa shape index (κ2) is 5.37. The summed E-state index contributed by atoms with van der Waals surface area (Å²) in [6, 6.07) is 2.45. The Morgan fingerprint density at radius 1 is 1.57 bits per heavy atom. The maximum atomic E-state index is 5.90. The fourth-order valence-corrected chi connectivity index (χ4v) is 1.67. The van der Waals surface area contributed by atoms with Crippen LogP contribution in [0.1, 0.15) is 26.0 Å². The summed E-state index contributed by atoms with van der Waals surface area (Å²) in [4.78, 5) is 0. The molecule has 0 aliphatic heterocycles. The van der Waals surface area contributed by atoms with Crippen molar-refractivity contribution in [3.8, 4) is 0 Å². The van der Waals surface area contributed by atoms with Gasteiger partial charge in [-0.15, -0.1) is 11.6 Å². The van der Waals surface area contributed by atoms with Gasteiger partial charge in [0, 0.05) is 31.2 Å². The molecule has 0 aliphatic carbocycles. The van der Waals surface area contributed by atoms with Gasteiger partial charge in [0.25, 0.3) is 0 Å². The summed E-state index contributed by atoms with van der Waals surface area (Å²) < 4.78 is 1.81. The van der Waals surface area contributed by atoms with Crippen LogP contribution in [-0.4, -0.2) is 21.2 Å². The highest BCUT2D eigenvalue weighted by Crippen LogP contribution is 2.04. The third-order valence-corrected chi connectivity index (χ3v) is 2.26. The first-order valence-electron chi connectivity index (χ1n) is 4.94. The molecule has 0 aliphatic rings. The molecule has 1 aromatic heterocycles. The number of nitrogens with one attached hydrogen (secondary N) is 1. The van der Waals surface area contributed by atoms with Crippen molar-refractivity contribution >= 4 is 11.6 Å². The van der Waals surface area contributed by atoms with Gasteiger partial charge in [0.2, 0.25) is 0 Å². The molecule has 0 saturated heterocycles. The van der Waals surface area contributed by atoms with E-state index in [0.29, 0.717) is 6.04 Å². The van der Waals surface area contributed by atoms with Crippen LogP contribution in [0.4, 0.5) is 0 Å². The number of nitrogens with zero attached hydrogens (tertiary/aromatic N) is 2. The van der Waals surface area contributed by atoms with Gasteiger partial charge in [0.05, 0.1) is 5.69 Å². The largest absolute Gasteiger partial charge is 0.309 e. The summed E-state index contributed by atoms with van der Waals surface area (Å²) >= 11 is 5.90. The highest BCUT2D eigenvalue weighted by Gasteiger charge is 2.06. The predicted octanol–water partition coefficient (Wildman–Crippen LogP) is 1.92.